The van der Waals surface area contributed by atoms with Gasteiger partial charge in [0.15, 0.2) is 0 Å². The Hall–Kier alpha value is -3.15. The van der Waals surface area contributed by atoms with Gasteiger partial charge in [-0.25, -0.2) is 4.98 Å². The lowest BCUT2D eigenvalue weighted by Crippen LogP contribution is -2.16. The number of para-hydroxylation sites is 1. The monoisotopic (exact) mass is 348 g/mol. The van der Waals surface area contributed by atoms with Gasteiger partial charge in [-0.2, -0.15) is 0 Å². The molecule has 4 rings (SSSR count). The number of carbonyl (C=O) groups excluding carboxylic acids is 1. The number of aromatic nitrogens is 2. The van der Waals surface area contributed by atoms with E-state index in [1.807, 2.05) is 24.3 Å². The zero-order valence-electron chi connectivity index (χ0n) is 14.5. The van der Waals surface area contributed by atoms with Crippen LogP contribution in [0.4, 0.5) is 17.2 Å². The van der Waals surface area contributed by atoms with Crippen LogP contribution in [0.15, 0.2) is 47.4 Å². The van der Waals surface area contributed by atoms with Crippen LogP contribution < -0.4 is 16.2 Å². The van der Waals surface area contributed by atoms with Crippen LogP contribution in [0.25, 0.3) is 10.9 Å². The largest absolute Gasteiger partial charge is 0.354 e. The molecular weight excluding hydrogens is 328 g/mol. The van der Waals surface area contributed by atoms with Crippen LogP contribution in [0.5, 0.6) is 0 Å². The second-order valence-electron chi connectivity index (χ2n) is 6.52. The van der Waals surface area contributed by atoms with Crippen molar-refractivity contribution in [1.29, 1.82) is 0 Å². The summed E-state index contributed by atoms with van der Waals surface area (Å²) in [5.74, 6) is 0.530. The third kappa shape index (κ3) is 3.18. The first-order valence-electron chi connectivity index (χ1n) is 8.84. The highest BCUT2D eigenvalue weighted by atomic mass is 16.2. The van der Waals surface area contributed by atoms with Crippen LogP contribution in [-0.2, 0) is 11.2 Å². The fourth-order valence-electron chi connectivity index (χ4n) is 3.02. The summed E-state index contributed by atoms with van der Waals surface area (Å²) < 4.78 is 0. The van der Waals surface area contributed by atoms with Crippen molar-refractivity contribution >= 4 is 34.0 Å². The Labute approximate surface area is 150 Å². The van der Waals surface area contributed by atoms with Gasteiger partial charge in [0, 0.05) is 23.9 Å². The Balaban J connectivity index is 1.80. The molecule has 2 heterocycles. The topological polar surface area (TPSA) is 86.9 Å². The lowest BCUT2D eigenvalue weighted by Gasteiger charge is -2.14. The van der Waals surface area contributed by atoms with Gasteiger partial charge >= 0.3 is 0 Å². The van der Waals surface area contributed by atoms with Crippen molar-refractivity contribution < 1.29 is 4.79 Å². The highest BCUT2D eigenvalue weighted by Gasteiger charge is 2.30. The molecule has 3 N–H and O–H groups in total. The van der Waals surface area contributed by atoms with E-state index in [-0.39, 0.29) is 17.4 Å². The van der Waals surface area contributed by atoms with Gasteiger partial charge in [-0.15, -0.1) is 0 Å². The first-order chi connectivity index (χ1) is 12.7. The van der Waals surface area contributed by atoms with Crippen molar-refractivity contribution in [3.05, 3.63) is 58.5 Å². The van der Waals surface area contributed by atoms with Gasteiger partial charge in [0.2, 0.25) is 5.91 Å². The van der Waals surface area contributed by atoms with Gasteiger partial charge in [0.25, 0.3) is 5.56 Å². The zero-order valence-corrected chi connectivity index (χ0v) is 14.5. The fraction of sp³-hybridized carbons (Fsp3) is 0.250. The number of rotatable bonds is 5. The number of nitrogens with zero attached hydrogens (tertiary/aromatic N) is 1. The van der Waals surface area contributed by atoms with E-state index in [0.29, 0.717) is 22.4 Å². The lowest BCUT2D eigenvalue weighted by atomic mass is 10.1. The number of hydrogen-bond donors (Lipinski definition) is 3. The zero-order chi connectivity index (χ0) is 18.1. The number of anilines is 3. The highest BCUT2D eigenvalue weighted by molar-refractivity contribution is 5.98. The molecule has 6 nitrogen and oxygen atoms in total. The SMILES string of the molecule is CCc1ccccc1Nc1cc(NC(=O)C2CC2)nc2cc[nH]c(=O)c12. The van der Waals surface area contributed by atoms with Gasteiger partial charge in [-0.3, -0.25) is 9.59 Å². The van der Waals surface area contributed by atoms with Crippen molar-refractivity contribution in [2.45, 2.75) is 26.2 Å². The number of aromatic amines is 1. The number of aryl methyl sites for hydroxylation is 1. The molecule has 1 amide bonds. The fourth-order valence-corrected chi connectivity index (χ4v) is 3.02. The van der Waals surface area contributed by atoms with Gasteiger partial charge in [0.05, 0.1) is 16.6 Å². The molecular formula is C20H20N4O2. The van der Waals surface area contributed by atoms with Gasteiger partial charge in [-0.05, 0) is 37.0 Å². The maximum absolute atomic E-state index is 12.4. The third-order valence-corrected chi connectivity index (χ3v) is 4.60. The summed E-state index contributed by atoms with van der Waals surface area (Å²) in [6.07, 6.45) is 4.28. The normalized spacial score (nSPS) is 13.6. The number of fused-ring (bicyclic) bond motifs is 1. The Kier molecular flexibility index (Phi) is 4.16. The maximum atomic E-state index is 12.4. The van der Waals surface area contributed by atoms with E-state index >= 15 is 0 Å². The molecule has 3 aromatic rings. The number of amides is 1. The third-order valence-electron chi connectivity index (χ3n) is 4.60. The lowest BCUT2D eigenvalue weighted by molar-refractivity contribution is -0.117. The molecule has 1 aliphatic rings. The van der Waals surface area contributed by atoms with Crippen molar-refractivity contribution in [3.63, 3.8) is 0 Å². The summed E-state index contributed by atoms with van der Waals surface area (Å²) in [5.41, 5.74) is 3.04. The van der Waals surface area contributed by atoms with Crippen LogP contribution in [0.2, 0.25) is 0 Å². The molecule has 26 heavy (non-hydrogen) atoms. The number of pyridine rings is 2. The Bertz CT molecular complexity index is 1040. The van der Waals surface area contributed by atoms with Crippen LogP contribution in [-0.4, -0.2) is 15.9 Å². The van der Waals surface area contributed by atoms with Crippen molar-refractivity contribution in [1.82, 2.24) is 9.97 Å². The number of nitrogens with one attached hydrogen (secondary N) is 3. The van der Waals surface area contributed by atoms with E-state index in [9.17, 15) is 9.59 Å². The summed E-state index contributed by atoms with van der Waals surface area (Å²) in [7, 11) is 0. The molecule has 2 aromatic heterocycles. The van der Waals surface area contributed by atoms with Gasteiger partial charge in [-0.1, -0.05) is 25.1 Å². The van der Waals surface area contributed by atoms with E-state index in [0.717, 1.165) is 30.5 Å². The summed E-state index contributed by atoms with van der Waals surface area (Å²) in [6, 6.07) is 11.4. The standard InChI is InChI=1S/C20H20N4O2/c1-2-12-5-3-4-6-14(12)22-16-11-17(24-19(25)13-7-8-13)23-15-9-10-21-20(26)18(15)16/h3-6,9-11,13H,2,7-8H2,1H3,(H,21,26)(H2,22,23,24,25). The predicted molar refractivity (Wildman–Crippen MR) is 103 cm³/mol. The van der Waals surface area contributed by atoms with E-state index in [4.69, 9.17) is 0 Å². The van der Waals surface area contributed by atoms with E-state index in [2.05, 4.69) is 27.5 Å². The molecule has 0 atom stereocenters. The maximum Gasteiger partial charge on any atom is 0.259 e. The van der Waals surface area contributed by atoms with Gasteiger partial charge in [0.1, 0.15) is 5.82 Å². The molecule has 1 aromatic carbocycles. The number of benzene rings is 1. The first kappa shape index (κ1) is 16.3. The molecule has 0 radical (unpaired) electrons. The number of hydrogen-bond acceptors (Lipinski definition) is 4. The molecule has 1 fully saturated rings. The van der Waals surface area contributed by atoms with Crippen LogP contribution in [0.3, 0.4) is 0 Å². The molecule has 132 valence electrons. The molecule has 0 bridgehead atoms. The number of H-pyrrole nitrogens is 1. The van der Waals surface area contributed by atoms with Crippen molar-refractivity contribution in [3.8, 4) is 0 Å². The summed E-state index contributed by atoms with van der Waals surface area (Å²) in [6.45, 7) is 2.08. The smallest absolute Gasteiger partial charge is 0.259 e. The minimum atomic E-state index is -0.216. The molecule has 0 saturated heterocycles. The Morgan fingerprint density at radius 2 is 2.04 bits per heavy atom. The predicted octanol–water partition coefficient (Wildman–Crippen LogP) is 3.58. The number of carbonyl (C=O) groups is 1. The van der Waals surface area contributed by atoms with Crippen LogP contribution >= 0.6 is 0 Å². The second kappa shape index (κ2) is 6.63. The average Bonchev–Trinajstić information content (AvgIpc) is 3.47. The molecule has 1 saturated carbocycles. The van der Waals surface area contributed by atoms with E-state index < -0.39 is 0 Å². The minimum Gasteiger partial charge on any atom is -0.354 e. The molecule has 6 heteroatoms. The van der Waals surface area contributed by atoms with E-state index in [1.165, 1.54) is 0 Å². The summed E-state index contributed by atoms with van der Waals surface area (Å²) in [4.78, 5) is 31.6. The summed E-state index contributed by atoms with van der Waals surface area (Å²) in [5, 5.41) is 6.70. The Morgan fingerprint density at radius 1 is 1.23 bits per heavy atom. The van der Waals surface area contributed by atoms with Crippen LogP contribution in [0, 0.1) is 5.92 Å². The molecule has 1 aliphatic carbocycles. The molecule has 0 aliphatic heterocycles. The average molecular weight is 348 g/mol. The molecule has 0 unspecified atom stereocenters. The van der Waals surface area contributed by atoms with E-state index in [1.54, 1.807) is 18.3 Å². The van der Waals surface area contributed by atoms with Crippen molar-refractivity contribution in [2.75, 3.05) is 10.6 Å². The van der Waals surface area contributed by atoms with Crippen molar-refractivity contribution in [2.24, 2.45) is 5.92 Å². The minimum absolute atomic E-state index is 0.0124. The summed E-state index contributed by atoms with van der Waals surface area (Å²) >= 11 is 0. The first-order valence-corrected chi connectivity index (χ1v) is 8.84. The molecule has 0 spiro atoms. The van der Waals surface area contributed by atoms with Crippen LogP contribution in [0.1, 0.15) is 25.3 Å². The Morgan fingerprint density at radius 3 is 2.81 bits per heavy atom. The van der Waals surface area contributed by atoms with Gasteiger partial charge < -0.3 is 15.6 Å². The highest BCUT2D eigenvalue weighted by Crippen LogP contribution is 2.31. The second-order valence-corrected chi connectivity index (χ2v) is 6.52. The quantitative estimate of drug-likeness (QED) is 0.658.